The largest absolute Gasteiger partial charge is 0.436 e. The van der Waals surface area contributed by atoms with E-state index in [0.29, 0.717) is 18.4 Å². The van der Waals surface area contributed by atoms with Gasteiger partial charge in [0.15, 0.2) is 5.58 Å². The molecule has 1 N–H and O–H groups in total. The van der Waals surface area contributed by atoms with Gasteiger partial charge < -0.3 is 9.73 Å². The maximum atomic E-state index is 11.1. The van der Waals surface area contributed by atoms with E-state index in [4.69, 9.17) is 4.42 Å². The lowest BCUT2D eigenvalue weighted by Crippen LogP contribution is -2.22. The first kappa shape index (κ1) is 14.9. The van der Waals surface area contributed by atoms with Crippen LogP contribution in [0.4, 0.5) is 0 Å². The van der Waals surface area contributed by atoms with Crippen LogP contribution in [0, 0.1) is 0 Å². The second kappa shape index (κ2) is 6.11. The fraction of sp³-hybridized carbons (Fsp3) is 0.300. The number of hydrogen-bond donors (Lipinski definition) is 1. The van der Waals surface area contributed by atoms with E-state index in [1.165, 1.54) is 11.1 Å². The van der Waals surface area contributed by atoms with Crippen LogP contribution in [0.1, 0.15) is 36.8 Å². The maximum absolute atomic E-state index is 11.1. The first-order chi connectivity index (χ1) is 11.7. The van der Waals surface area contributed by atoms with Crippen molar-refractivity contribution in [2.45, 2.75) is 32.1 Å². The highest BCUT2D eigenvalue weighted by molar-refractivity contribution is 5.82. The quantitative estimate of drug-likeness (QED) is 0.789. The van der Waals surface area contributed by atoms with Gasteiger partial charge in [0.2, 0.25) is 11.8 Å². The van der Waals surface area contributed by atoms with Gasteiger partial charge in [-0.1, -0.05) is 24.3 Å². The average Bonchev–Trinajstić information content (AvgIpc) is 3.19. The lowest BCUT2D eigenvalue weighted by Gasteiger charge is -2.11. The predicted molar refractivity (Wildman–Crippen MR) is 93.8 cm³/mol. The summed E-state index contributed by atoms with van der Waals surface area (Å²) in [6, 6.07) is 14.2. The van der Waals surface area contributed by atoms with Crippen molar-refractivity contribution in [1.29, 1.82) is 0 Å². The smallest absolute Gasteiger partial charge is 0.227 e. The molecule has 1 unspecified atom stereocenters. The van der Waals surface area contributed by atoms with E-state index in [0.717, 1.165) is 35.9 Å². The third-order valence-corrected chi connectivity index (χ3v) is 4.74. The number of benzene rings is 2. The van der Waals surface area contributed by atoms with Crippen LogP contribution >= 0.6 is 0 Å². The summed E-state index contributed by atoms with van der Waals surface area (Å²) in [6.07, 6.45) is 3.11. The Kier molecular flexibility index (Phi) is 3.81. The molecule has 0 saturated heterocycles. The number of amides is 1. The highest BCUT2D eigenvalue weighted by Gasteiger charge is 2.27. The highest BCUT2D eigenvalue weighted by Crippen LogP contribution is 2.41. The summed E-state index contributed by atoms with van der Waals surface area (Å²) in [5, 5.41) is 2.90. The molecular formula is C20H20N2O2. The number of oxazole rings is 1. The molecule has 3 aromatic rings. The van der Waals surface area contributed by atoms with E-state index >= 15 is 0 Å². The van der Waals surface area contributed by atoms with Crippen LogP contribution in [0.25, 0.3) is 22.6 Å². The third kappa shape index (κ3) is 2.68. The molecule has 1 aliphatic carbocycles. The van der Waals surface area contributed by atoms with E-state index in [1.54, 1.807) is 6.92 Å². The monoisotopic (exact) mass is 320 g/mol. The SMILES string of the molecule is CC(=O)NCCC1CCc2ccc3nc(-c4ccccc4)oc3c21. The molecule has 0 aliphatic heterocycles. The van der Waals surface area contributed by atoms with E-state index < -0.39 is 0 Å². The predicted octanol–water partition coefficient (Wildman–Crippen LogP) is 4.05. The minimum absolute atomic E-state index is 0.0254. The van der Waals surface area contributed by atoms with Gasteiger partial charge in [0.05, 0.1) is 0 Å². The summed E-state index contributed by atoms with van der Waals surface area (Å²) in [6.45, 7) is 2.26. The molecule has 4 rings (SSSR count). The van der Waals surface area contributed by atoms with Gasteiger partial charge in [-0.25, -0.2) is 4.98 Å². The molecule has 0 bridgehead atoms. The van der Waals surface area contributed by atoms with Crippen molar-refractivity contribution >= 4 is 17.0 Å². The maximum Gasteiger partial charge on any atom is 0.227 e. The zero-order valence-electron chi connectivity index (χ0n) is 13.7. The van der Waals surface area contributed by atoms with E-state index in [1.807, 2.05) is 30.3 Å². The Hall–Kier alpha value is -2.62. The van der Waals surface area contributed by atoms with Gasteiger partial charge in [-0.3, -0.25) is 4.79 Å². The molecular weight excluding hydrogens is 300 g/mol. The van der Waals surface area contributed by atoms with Crippen molar-refractivity contribution < 1.29 is 9.21 Å². The number of rotatable bonds is 4. The lowest BCUT2D eigenvalue weighted by atomic mass is 9.97. The van der Waals surface area contributed by atoms with Gasteiger partial charge in [0.1, 0.15) is 5.52 Å². The molecule has 0 fully saturated rings. The Morgan fingerprint density at radius 3 is 2.88 bits per heavy atom. The molecule has 0 radical (unpaired) electrons. The Bertz CT molecular complexity index is 883. The van der Waals surface area contributed by atoms with Crippen molar-refractivity contribution in [3.8, 4) is 11.5 Å². The van der Waals surface area contributed by atoms with Crippen LogP contribution < -0.4 is 5.32 Å². The van der Waals surface area contributed by atoms with Crippen LogP contribution in [0.3, 0.4) is 0 Å². The lowest BCUT2D eigenvalue weighted by molar-refractivity contribution is -0.118. The van der Waals surface area contributed by atoms with Crippen LogP contribution in [0.2, 0.25) is 0 Å². The van der Waals surface area contributed by atoms with Crippen LogP contribution in [0.15, 0.2) is 46.9 Å². The van der Waals surface area contributed by atoms with Crippen LogP contribution in [0.5, 0.6) is 0 Å². The molecule has 0 saturated carbocycles. The molecule has 4 nitrogen and oxygen atoms in total. The zero-order chi connectivity index (χ0) is 16.5. The molecule has 0 spiro atoms. The molecule has 24 heavy (non-hydrogen) atoms. The molecule has 1 aromatic heterocycles. The molecule has 4 heteroatoms. The minimum atomic E-state index is 0.0254. The number of hydrogen-bond acceptors (Lipinski definition) is 3. The van der Waals surface area contributed by atoms with Gasteiger partial charge in [-0.05, 0) is 48.9 Å². The molecule has 1 heterocycles. The summed E-state index contributed by atoms with van der Waals surface area (Å²) >= 11 is 0. The second-order valence-corrected chi connectivity index (χ2v) is 6.38. The first-order valence-electron chi connectivity index (χ1n) is 8.44. The molecule has 1 amide bonds. The molecule has 2 aromatic carbocycles. The van der Waals surface area contributed by atoms with Crippen molar-refractivity contribution in [3.63, 3.8) is 0 Å². The fourth-order valence-corrected chi connectivity index (χ4v) is 3.61. The van der Waals surface area contributed by atoms with E-state index in [2.05, 4.69) is 22.4 Å². The number of carbonyl (C=O) groups excluding carboxylic acids is 1. The van der Waals surface area contributed by atoms with Gasteiger partial charge in [0, 0.05) is 24.6 Å². The van der Waals surface area contributed by atoms with Crippen molar-refractivity contribution in [3.05, 3.63) is 53.6 Å². The van der Waals surface area contributed by atoms with Crippen LogP contribution in [-0.2, 0) is 11.2 Å². The second-order valence-electron chi connectivity index (χ2n) is 6.38. The summed E-state index contributed by atoms with van der Waals surface area (Å²) in [5.41, 5.74) is 5.46. The van der Waals surface area contributed by atoms with Gasteiger partial charge in [-0.2, -0.15) is 0 Å². The third-order valence-electron chi connectivity index (χ3n) is 4.74. The zero-order valence-corrected chi connectivity index (χ0v) is 13.7. The van der Waals surface area contributed by atoms with Crippen molar-refractivity contribution in [2.24, 2.45) is 0 Å². The Balaban J connectivity index is 1.70. The minimum Gasteiger partial charge on any atom is -0.436 e. The van der Waals surface area contributed by atoms with Gasteiger partial charge in [0.25, 0.3) is 0 Å². The number of aromatic nitrogens is 1. The Morgan fingerprint density at radius 1 is 1.25 bits per heavy atom. The van der Waals surface area contributed by atoms with Gasteiger partial charge in [-0.15, -0.1) is 0 Å². The summed E-state index contributed by atoms with van der Waals surface area (Å²) < 4.78 is 6.16. The standard InChI is InChI=1S/C20H20N2O2/c1-13(23)21-12-11-15-8-7-14-9-10-17-19(18(14)15)24-20(22-17)16-5-3-2-4-6-16/h2-6,9-10,15H,7-8,11-12H2,1H3,(H,21,23). The molecule has 122 valence electrons. The Morgan fingerprint density at radius 2 is 2.08 bits per heavy atom. The topological polar surface area (TPSA) is 55.1 Å². The normalized spacial score (nSPS) is 16.3. The number of nitrogens with zero attached hydrogens (tertiary/aromatic N) is 1. The summed E-state index contributed by atoms with van der Waals surface area (Å²) in [7, 11) is 0. The fourth-order valence-electron chi connectivity index (χ4n) is 3.61. The molecule has 1 atom stereocenters. The van der Waals surface area contributed by atoms with E-state index in [9.17, 15) is 4.79 Å². The number of fused-ring (bicyclic) bond motifs is 3. The van der Waals surface area contributed by atoms with Crippen molar-refractivity contribution in [1.82, 2.24) is 10.3 Å². The number of nitrogens with one attached hydrogen (secondary N) is 1. The van der Waals surface area contributed by atoms with E-state index in [-0.39, 0.29) is 5.91 Å². The highest BCUT2D eigenvalue weighted by atomic mass is 16.3. The number of aryl methyl sites for hydroxylation is 1. The first-order valence-corrected chi connectivity index (χ1v) is 8.44. The Labute approximate surface area is 140 Å². The average molecular weight is 320 g/mol. The molecule has 1 aliphatic rings. The number of carbonyl (C=O) groups is 1. The van der Waals surface area contributed by atoms with Crippen LogP contribution in [-0.4, -0.2) is 17.4 Å². The van der Waals surface area contributed by atoms with Gasteiger partial charge >= 0.3 is 0 Å². The van der Waals surface area contributed by atoms with Crippen molar-refractivity contribution in [2.75, 3.05) is 6.54 Å². The summed E-state index contributed by atoms with van der Waals surface area (Å²) in [5.74, 6) is 1.12. The summed E-state index contributed by atoms with van der Waals surface area (Å²) in [4.78, 5) is 15.8.